The van der Waals surface area contributed by atoms with Crippen molar-refractivity contribution in [2.45, 2.75) is 20.8 Å². The Kier molecular flexibility index (Phi) is 3.14. The second-order valence-electron chi connectivity index (χ2n) is 4.26. The summed E-state index contributed by atoms with van der Waals surface area (Å²) in [5, 5.41) is 9.29. The summed E-state index contributed by atoms with van der Waals surface area (Å²) in [6.07, 6.45) is 0. The van der Waals surface area contributed by atoms with Crippen molar-refractivity contribution in [3.05, 3.63) is 46.4 Å². The summed E-state index contributed by atoms with van der Waals surface area (Å²) in [6.45, 7) is 5.45. The van der Waals surface area contributed by atoms with Gasteiger partial charge in [-0.1, -0.05) is 6.07 Å². The maximum atomic E-state index is 13.6. The second kappa shape index (κ2) is 4.60. The molecule has 0 saturated heterocycles. The number of carbonyl (C=O) groups excluding carboxylic acids is 1. The van der Waals surface area contributed by atoms with Gasteiger partial charge in [0.15, 0.2) is 5.82 Å². The van der Waals surface area contributed by atoms with Gasteiger partial charge in [-0.05, 0) is 38.5 Å². The lowest BCUT2D eigenvalue weighted by Gasteiger charge is -2.05. The van der Waals surface area contributed by atoms with Crippen LogP contribution in [0.4, 0.5) is 10.2 Å². The van der Waals surface area contributed by atoms with Gasteiger partial charge in [0.2, 0.25) is 0 Å². The molecule has 2 aromatic rings. The molecule has 0 unspecified atom stereocenters. The number of aromatic amines is 1. The molecule has 0 aliphatic heterocycles. The van der Waals surface area contributed by atoms with Gasteiger partial charge in [0.1, 0.15) is 5.82 Å². The summed E-state index contributed by atoms with van der Waals surface area (Å²) in [4.78, 5) is 11.9. The quantitative estimate of drug-likeness (QED) is 0.857. The zero-order valence-electron chi connectivity index (χ0n) is 10.5. The Balaban J connectivity index is 2.25. The van der Waals surface area contributed by atoms with Crippen molar-refractivity contribution < 1.29 is 9.18 Å². The van der Waals surface area contributed by atoms with E-state index >= 15 is 0 Å². The Labute approximate surface area is 104 Å². The number of rotatable bonds is 2. The topological polar surface area (TPSA) is 57.8 Å². The summed E-state index contributed by atoms with van der Waals surface area (Å²) >= 11 is 0. The molecule has 1 amide bonds. The largest absolute Gasteiger partial charge is 0.305 e. The summed E-state index contributed by atoms with van der Waals surface area (Å²) in [5.41, 5.74) is 2.50. The number of benzene rings is 1. The Morgan fingerprint density at radius 3 is 2.61 bits per heavy atom. The van der Waals surface area contributed by atoms with Crippen molar-refractivity contribution in [2.75, 3.05) is 5.32 Å². The van der Waals surface area contributed by atoms with E-state index in [1.165, 1.54) is 12.1 Å². The first kappa shape index (κ1) is 12.3. The molecular weight excluding hydrogens is 233 g/mol. The molecule has 0 fully saturated rings. The number of nitrogens with one attached hydrogen (secondary N) is 2. The monoisotopic (exact) mass is 247 g/mol. The van der Waals surface area contributed by atoms with Crippen LogP contribution in [0.1, 0.15) is 27.2 Å². The van der Waals surface area contributed by atoms with E-state index in [0.717, 1.165) is 16.8 Å². The van der Waals surface area contributed by atoms with Crippen LogP contribution in [-0.4, -0.2) is 16.1 Å². The minimum Gasteiger partial charge on any atom is -0.305 e. The molecule has 0 aliphatic rings. The molecule has 5 heteroatoms. The van der Waals surface area contributed by atoms with Crippen molar-refractivity contribution in [1.82, 2.24) is 10.2 Å². The molecule has 0 radical (unpaired) electrons. The SMILES string of the molecule is Cc1ccc(C(=O)Nc2n[nH]c(C)c2C)c(F)c1. The maximum absolute atomic E-state index is 13.6. The summed E-state index contributed by atoms with van der Waals surface area (Å²) in [7, 11) is 0. The van der Waals surface area contributed by atoms with Crippen LogP contribution in [0.25, 0.3) is 0 Å². The van der Waals surface area contributed by atoms with Gasteiger partial charge in [0, 0.05) is 11.3 Å². The summed E-state index contributed by atoms with van der Waals surface area (Å²) < 4.78 is 13.6. The van der Waals surface area contributed by atoms with Gasteiger partial charge >= 0.3 is 0 Å². The van der Waals surface area contributed by atoms with E-state index in [1.807, 2.05) is 13.8 Å². The van der Waals surface area contributed by atoms with Crippen LogP contribution < -0.4 is 5.32 Å². The van der Waals surface area contributed by atoms with Crippen LogP contribution in [0.15, 0.2) is 18.2 Å². The van der Waals surface area contributed by atoms with Crippen molar-refractivity contribution in [2.24, 2.45) is 0 Å². The molecule has 94 valence electrons. The molecule has 4 nitrogen and oxygen atoms in total. The van der Waals surface area contributed by atoms with Crippen molar-refractivity contribution in [3.8, 4) is 0 Å². The predicted octanol–water partition coefficient (Wildman–Crippen LogP) is 2.73. The number of aromatic nitrogens is 2. The number of amides is 1. The van der Waals surface area contributed by atoms with E-state index in [9.17, 15) is 9.18 Å². The van der Waals surface area contributed by atoms with Gasteiger partial charge < -0.3 is 5.32 Å². The van der Waals surface area contributed by atoms with Crippen molar-refractivity contribution in [3.63, 3.8) is 0 Å². The number of hydrogen-bond acceptors (Lipinski definition) is 2. The fraction of sp³-hybridized carbons (Fsp3) is 0.231. The summed E-state index contributed by atoms with van der Waals surface area (Å²) in [6, 6.07) is 4.49. The third-order valence-electron chi connectivity index (χ3n) is 2.85. The highest BCUT2D eigenvalue weighted by atomic mass is 19.1. The Hall–Kier alpha value is -2.17. The molecule has 1 aromatic heterocycles. The molecule has 18 heavy (non-hydrogen) atoms. The van der Waals surface area contributed by atoms with Crippen LogP contribution in [0.5, 0.6) is 0 Å². The molecule has 2 rings (SSSR count). The molecule has 1 aromatic carbocycles. The van der Waals surface area contributed by atoms with Crippen LogP contribution in [-0.2, 0) is 0 Å². The van der Waals surface area contributed by atoms with Crippen LogP contribution >= 0.6 is 0 Å². The van der Waals surface area contributed by atoms with Crippen molar-refractivity contribution >= 4 is 11.7 Å². The first-order chi connectivity index (χ1) is 8.49. The minimum atomic E-state index is -0.530. The fourth-order valence-electron chi connectivity index (χ4n) is 1.59. The normalized spacial score (nSPS) is 10.4. The van der Waals surface area contributed by atoms with Crippen LogP contribution in [0, 0.1) is 26.6 Å². The molecule has 0 saturated carbocycles. The van der Waals surface area contributed by atoms with Crippen molar-refractivity contribution in [1.29, 1.82) is 0 Å². The van der Waals surface area contributed by atoms with Crippen LogP contribution in [0.2, 0.25) is 0 Å². The van der Waals surface area contributed by atoms with Gasteiger partial charge in [0.05, 0.1) is 5.56 Å². The lowest BCUT2D eigenvalue weighted by Crippen LogP contribution is -2.14. The lowest BCUT2D eigenvalue weighted by molar-refractivity contribution is 0.102. The molecule has 1 heterocycles. The number of carbonyl (C=O) groups is 1. The molecule has 0 bridgehead atoms. The molecule has 0 spiro atoms. The Bertz CT molecular complexity index is 604. The number of nitrogens with zero attached hydrogens (tertiary/aromatic N) is 1. The van der Waals surface area contributed by atoms with Gasteiger partial charge in [-0.15, -0.1) is 0 Å². The van der Waals surface area contributed by atoms with E-state index in [0.29, 0.717) is 5.82 Å². The zero-order chi connectivity index (χ0) is 13.3. The first-order valence-corrected chi connectivity index (χ1v) is 5.58. The van der Waals surface area contributed by atoms with E-state index in [-0.39, 0.29) is 5.56 Å². The molecule has 0 aliphatic carbocycles. The number of anilines is 1. The number of H-pyrrole nitrogens is 1. The average molecular weight is 247 g/mol. The van der Waals surface area contributed by atoms with Gasteiger partial charge in [-0.3, -0.25) is 9.89 Å². The maximum Gasteiger partial charge on any atom is 0.259 e. The minimum absolute atomic E-state index is 0.0145. The van der Waals surface area contributed by atoms with Gasteiger partial charge in [-0.25, -0.2) is 4.39 Å². The summed E-state index contributed by atoms with van der Waals surface area (Å²) in [5.74, 6) is -0.600. The van der Waals surface area contributed by atoms with Gasteiger partial charge in [-0.2, -0.15) is 5.10 Å². The van der Waals surface area contributed by atoms with E-state index in [1.54, 1.807) is 13.0 Å². The smallest absolute Gasteiger partial charge is 0.259 e. The highest BCUT2D eigenvalue weighted by molar-refractivity contribution is 6.04. The van der Waals surface area contributed by atoms with Crippen LogP contribution in [0.3, 0.4) is 0 Å². The van der Waals surface area contributed by atoms with E-state index in [2.05, 4.69) is 15.5 Å². The van der Waals surface area contributed by atoms with E-state index < -0.39 is 11.7 Å². The number of hydrogen-bond donors (Lipinski definition) is 2. The Morgan fingerprint density at radius 1 is 1.33 bits per heavy atom. The number of aryl methyl sites for hydroxylation is 2. The zero-order valence-corrected chi connectivity index (χ0v) is 10.5. The lowest BCUT2D eigenvalue weighted by atomic mass is 10.1. The standard InChI is InChI=1S/C13H14FN3O/c1-7-4-5-10(11(14)6-7)13(18)15-12-8(2)9(3)16-17-12/h4-6H,1-3H3,(H2,15,16,17,18). The Morgan fingerprint density at radius 2 is 2.06 bits per heavy atom. The van der Waals surface area contributed by atoms with Gasteiger partial charge in [0.25, 0.3) is 5.91 Å². The van der Waals surface area contributed by atoms with E-state index in [4.69, 9.17) is 0 Å². The third kappa shape index (κ3) is 2.25. The number of halogens is 1. The highest BCUT2D eigenvalue weighted by Crippen LogP contribution is 2.16. The first-order valence-electron chi connectivity index (χ1n) is 5.58. The molecule has 2 N–H and O–H groups in total. The fourth-order valence-corrected chi connectivity index (χ4v) is 1.59. The third-order valence-corrected chi connectivity index (χ3v) is 2.85. The second-order valence-corrected chi connectivity index (χ2v) is 4.26. The molecular formula is C13H14FN3O. The predicted molar refractivity (Wildman–Crippen MR) is 67.2 cm³/mol. The molecule has 0 atom stereocenters. The highest BCUT2D eigenvalue weighted by Gasteiger charge is 2.14. The average Bonchev–Trinajstić information content (AvgIpc) is 2.61.